The molecule has 144 valence electrons. The summed E-state index contributed by atoms with van der Waals surface area (Å²) in [5.74, 6) is -2.23. The van der Waals surface area contributed by atoms with Crippen LogP contribution in [0.15, 0.2) is 48.5 Å². The molecule has 0 N–H and O–H groups in total. The van der Waals surface area contributed by atoms with E-state index in [1.807, 2.05) is 6.07 Å². The lowest BCUT2D eigenvalue weighted by atomic mass is 9.97. The Labute approximate surface area is 164 Å². The number of hydrogen-bond acceptors (Lipinski definition) is 0. The van der Waals surface area contributed by atoms with E-state index in [1.165, 1.54) is 37.3 Å². The van der Waals surface area contributed by atoms with Gasteiger partial charge in [-0.3, -0.25) is 0 Å². The Kier molecular flexibility index (Phi) is 5.25. The fourth-order valence-electron chi connectivity index (χ4n) is 4.09. The van der Waals surface area contributed by atoms with Gasteiger partial charge >= 0.3 is 0 Å². The second-order valence-electron chi connectivity index (χ2n) is 7.56. The normalized spacial score (nSPS) is 12.1. The van der Waals surface area contributed by atoms with Crippen molar-refractivity contribution in [2.45, 2.75) is 45.4 Å². The number of aryl methyl sites for hydroxylation is 1. The maximum atomic E-state index is 15.2. The van der Waals surface area contributed by atoms with Crippen LogP contribution in [-0.2, 0) is 12.8 Å². The molecule has 0 heterocycles. The number of unbranched alkanes of at least 4 members (excludes halogenated alkanes) is 3. The van der Waals surface area contributed by atoms with Gasteiger partial charge in [0.05, 0.1) is 0 Å². The molecule has 0 nitrogen and oxygen atoms in total. The average molecular weight is 380 g/mol. The van der Waals surface area contributed by atoms with Gasteiger partial charge in [0.1, 0.15) is 5.82 Å². The van der Waals surface area contributed by atoms with E-state index in [0.717, 1.165) is 35.2 Å². The van der Waals surface area contributed by atoms with Crippen molar-refractivity contribution in [3.05, 3.63) is 82.7 Å². The Morgan fingerprint density at radius 3 is 2.32 bits per heavy atom. The standard InChI is InChI=1S/C25H23F3/c1-2-3-4-5-6-16-7-9-19-18(13-16)14-22-21(19)11-10-20(25(22)28)17-8-12-23(26)24(27)15-17/h7-13,15H,2-6,14H2,1H3. The average Bonchev–Trinajstić information content (AvgIpc) is 3.07. The zero-order valence-corrected chi connectivity index (χ0v) is 16.0. The predicted octanol–water partition coefficient (Wildman–Crippen LogP) is 7.46. The van der Waals surface area contributed by atoms with Crippen molar-refractivity contribution in [1.82, 2.24) is 0 Å². The molecule has 4 rings (SSSR count). The Morgan fingerprint density at radius 1 is 0.750 bits per heavy atom. The predicted molar refractivity (Wildman–Crippen MR) is 108 cm³/mol. The Hall–Kier alpha value is -2.55. The van der Waals surface area contributed by atoms with E-state index in [4.69, 9.17) is 0 Å². The first-order valence-corrected chi connectivity index (χ1v) is 9.97. The van der Waals surface area contributed by atoms with Crippen molar-refractivity contribution in [1.29, 1.82) is 0 Å². The number of fused-ring (bicyclic) bond motifs is 3. The molecule has 0 amide bonds. The molecule has 0 aromatic heterocycles. The smallest absolute Gasteiger partial charge is 0.159 e. The topological polar surface area (TPSA) is 0 Å². The van der Waals surface area contributed by atoms with Crippen LogP contribution in [0.3, 0.4) is 0 Å². The largest absolute Gasteiger partial charge is 0.206 e. The van der Waals surface area contributed by atoms with Crippen molar-refractivity contribution >= 4 is 0 Å². The zero-order valence-electron chi connectivity index (χ0n) is 16.0. The van der Waals surface area contributed by atoms with Crippen LogP contribution in [0, 0.1) is 17.5 Å². The molecule has 1 aliphatic rings. The first kappa shape index (κ1) is 18.8. The molecule has 0 saturated carbocycles. The van der Waals surface area contributed by atoms with E-state index in [0.29, 0.717) is 23.1 Å². The van der Waals surface area contributed by atoms with Crippen LogP contribution < -0.4 is 0 Å². The number of halogens is 3. The van der Waals surface area contributed by atoms with E-state index in [9.17, 15) is 8.78 Å². The summed E-state index contributed by atoms with van der Waals surface area (Å²) in [5, 5.41) is 0. The molecular formula is C25H23F3. The summed E-state index contributed by atoms with van der Waals surface area (Å²) in [6.07, 6.45) is 6.48. The molecule has 0 fully saturated rings. The highest BCUT2D eigenvalue weighted by Crippen LogP contribution is 2.41. The summed E-state index contributed by atoms with van der Waals surface area (Å²) in [4.78, 5) is 0. The molecule has 0 spiro atoms. The summed E-state index contributed by atoms with van der Waals surface area (Å²) >= 11 is 0. The molecule has 3 aromatic rings. The highest BCUT2D eigenvalue weighted by Gasteiger charge is 2.24. The van der Waals surface area contributed by atoms with Crippen molar-refractivity contribution in [3.63, 3.8) is 0 Å². The van der Waals surface area contributed by atoms with Crippen molar-refractivity contribution in [2.75, 3.05) is 0 Å². The molecule has 0 unspecified atom stereocenters. The molecule has 3 heteroatoms. The first-order valence-electron chi connectivity index (χ1n) is 9.97. The van der Waals surface area contributed by atoms with E-state index < -0.39 is 11.6 Å². The lowest BCUT2D eigenvalue weighted by Crippen LogP contribution is -1.94. The Balaban J connectivity index is 1.62. The van der Waals surface area contributed by atoms with Crippen molar-refractivity contribution in [3.8, 4) is 22.3 Å². The third kappa shape index (κ3) is 3.46. The molecule has 0 radical (unpaired) electrons. The quantitative estimate of drug-likeness (QED) is 0.304. The van der Waals surface area contributed by atoms with Crippen LogP contribution >= 0.6 is 0 Å². The van der Waals surface area contributed by atoms with Crippen LogP contribution in [-0.4, -0.2) is 0 Å². The van der Waals surface area contributed by atoms with Gasteiger partial charge in [0, 0.05) is 17.5 Å². The van der Waals surface area contributed by atoms with Crippen molar-refractivity contribution in [2.24, 2.45) is 0 Å². The SMILES string of the molecule is CCCCCCc1ccc2c(c1)Cc1c-2ccc(-c2ccc(F)c(F)c2)c1F. The van der Waals surface area contributed by atoms with Gasteiger partial charge in [0.2, 0.25) is 0 Å². The summed E-state index contributed by atoms with van der Waals surface area (Å²) < 4.78 is 42.0. The maximum Gasteiger partial charge on any atom is 0.159 e. The van der Waals surface area contributed by atoms with Gasteiger partial charge in [-0.1, -0.05) is 62.6 Å². The highest BCUT2D eigenvalue weighted by atomic mass is 19.2. The van der Waals surface area contributed by atoms with E-state index in [1.54, 1.807) is 6.07 Å². The van der Waals surface area contributed by atoms with Crippen LogP contribution in [0.5, 0.6) is 0 Å². The second kappa shape index (κ2) is 7.83. The van der Waals surface area contributed by atoms with Gasteiger partial charge in [-0.15, -0.1) is 0 Å². The van der Waals surface area contributed by atoms with Gasteiger partial charge in [-0.2, -0.15) is 0 Å². The summed E-state index contributed by atoms with van der Waals surface area (Å²) in [5.41, 5.74) is 5.71. The molecule has 28 heavy (non-hydrogen) atoms. The van der Waals surface area contributed by atoms with E-state index in [-0.39, 0.29) is 5.82 Å². The molecular weight excluding hydrogens is 357 g/mol. The van der Waals surface area contributed by atoms with Crippen LogP contribution in [0.25, 0.3) is 22.3 Å². The molecule has 0 aliphatic heterocycles. The number of rotatable bonds is 6. The van der Waals surface area contributed by atoms with Crippen LogP contribution in [0.2, 0.25) is 0 Å². The maximum absolute atomic E-state index is 15.2. The van der Waals surface area contributed by atoms with Gasteiger partial charge in [-0.05, 0) is 52.8 Å². The second-order valence-corrected chi connectivity index (χ2v) is 7.56. The Bertz CT molecular complexity index is 1020. The number of hydrogen-bond donors (Lipinski definition) is 0. The fourth-order valence-corrected chi connectivity index (χ4v) is 4.09. The summed E-state index contributed by atoms with van der Waals surface area (Å²) in [6, 6.07) is 13.5. The molecule has 0 bridgehead atoms. The minimum atomic E-state index is -0.964. The minimum Gasteiger partial charge on any atom is -0.206 e. The van der Waals surface area contributed by atoms with Gasteiger partial charge in [-0.25, -0.2) is 13.2 Å². The Morgan fingerprint density at radius 2 is 1.54 bits per heavy atom. The molecule has 0 saturated heterocycles. The highest BCUT2D eigenvalue weighted by molar-refractivity contribution is 5.81. The molecule has 0 atom stereocenters. The van der Waals surface area contributed by atoms with E-state index >= 15 is 4.39 Å². The summed E-state index contributed by atoms with van der Waals surface area (Å²) in [6.45, 7) is 2.20. The van der Waals surface area contributed by atoms with Gasteiger partial charge in [0.15, 0.2) is 11.6 Å². The monoisotopic (exact) mass is 380 g/mol. The lowest BCUT2D eigenvalue weighted by molar-refractivity contribution is 0.509. The lowest BCUT2D eigenvalue weighted by Gasteiger charge is -2.09. The minimum absolute atomic E-state index is 0.310. The van der Waals surface area contributed by atoms with Crippen molar-refractivity contribution < 1.29 is 13.2 Å². The zero-order chi connectivity index (χ0) is 19.7. The molecule has 3 aromatic carbocycles. The number of benzene rings is 3. The third-order valence-corrected chi connectivity index (χ3v) is 5.62. The van der Waals surface area contributed by atoms with E-state index in [2.05, 4.69) is 25.1 Å². The van der Waals surface area contributed by atoms with Gasteiger partial charge < -0.3 is 0 Å². The van der Waals surface area contributed by atoms with Crippen LogP contribution in [0.4, 0.5) is 13.2 Å². The van der Waals surface area contributed by atoms with Crippen LogP contribution in [0.1, 0.15) is 49.3 Å². The fraction of sp³-hybridized carbons (Fsp3) is 0.280. The molecule has 1 aliphatic carbocycles. The third-order valence-electron chi connectivity index (χ3n) is 5.62. The van der Waals surface area contributed by atoms with Gasteiger partial charge in [0.25, 0.3) is 0 Å². The summed E-state index contributed by atoms with van der Waals surface area (Å²) in [7, 11) is 0. The first-order chi connectivity index (χ1) is 13.6.